The van der Waals surface area contributed by atoms with Gasteiger partial charge in [0.1, 0.15) is 13.7 Å². The van der Waals surface area contributed by atoms with E-state index in [9.17, 15) is 4.79 Å². The van der Waals surface area contributed by atoms with E-state index in [-0.39, 0.29) is 12.3 Å². The monoisotopic (exact) mass is 423 g/mol. The van der Waals surface area contributed by atoms with Gasteiger partial charge in [0.15, 0.2) is 11.5 Å². The molecule has 1 heterocycles. The van der Waals surface area contributed by atoms with Crippen LogP contribution in [0.15, 0.2) is 46.3 Å². The van der Waals surface area contributed by atoms with Crippen molar-refractivity contribution in [2.24, 2.45) is 12.2 Å². The maximum atomic E-state index is 12.5. The minimum atomic E-state index is -0.302. The van der Waals surface area contributed by atoms with Crippen LogP contribution in [-0.2, 0) is 18.5 Å². The second-order valence-electron chi connectivity index (χ2n) is 7.43. The molecule has 2 aromatic carbocycles. The smallest absolute Gasteiger partial charge is 0.368 e. The summed E-state index contributed by atoms with van der Waals surface area (Å²) in [4.78, 5) is 17.3. The molecule has 0 radical (unpaired) electrons. The number of aryl methyl sites for hydroxylation is 1. The molecule has 0 spiro atoms. The van der Waals surface area contributed by atoms with Crippen LogP contribution in [0.5, 0.6) is 11.5 Å². The van der Waals surface area contributed by atoms with E-state index < -0.39 is 0 Å². The highest BCUT2D eigenvalue weighted by Gasteiger charge is 2.28. The van der Waals surface area contributed by atoms with Gasteiger partial charge in [-0.05, 0) is 65.9 Å². The van der Waals surface area contributed by atoms with Crippen LogP contribution in [0.3, 0.4) is 0 Å². The predicted molar refractivity (Wildman–Crippen MR) is 115 cm³/mol. The molecule has 1 aliphatic rings. The fourth-order valence-corrected chi connectivity index (χ4v) is 3.54. The van der Waals surface area contributed by atoms with Crippen molar-refractivity contribution in [3.63, 3.8) is 0 Å². The van der Waals surface area contributed by atoms with Gasteiger partial charge in [0.05, 0.1) is 18.5 Å². The van der Waals surface area contributed by atoms with Crippen molar-refractivity contribution >= 4 is 5.71 Å². The quantitative estimate of drug-likeness (QED) is 0.409. The third-order valence-electron chi connectivity index (χ3n) is 5.34. The summed E-state index contributed by atoms with van der Waals surface area (Å²) in [7, 11) is 4.68. The third kappa shape index (κ3) is 4.16. The predicted octanol–water partition coefficient (Wildman–Crippen LogP) is 2.80. The van der Waals surface area contributed by atoms with Crippen LogP contribution in [0.1, 0.15) is 42.4 Å². The zero-order chi connectivity index (χ0) is 22.0. The molecule has 3 aromatic rings. The van der Waals surface area contributed by atoms with Gasteiger partial charge in [0.2, 0.25) is 0 Å². The Kier molecular flexibility index (Phi) is 5.75. The normalized spacial score (nSPS) is 13.9. The van der Waals surface area contributed by atoms with Crippen LogP contribution in [0, 0.1) is 0 Å². The summed E-state index contributed by atoms with van der Waals surface area (Å²) >= 11 is 0. The summed E-state index contributed by atoms with van der Waals surface area (Å²) in [6, 6.07) is 11.5. The molecule has 31 heavy (non-hydrogen) atoms. The summed E-state index contributed by atoms with van der Waals surface area (Å²) in [5.41, 5.74) is 4.08. The summed E-state index contributed by atoms with van der Waals surface area (Å²) < 4.78 is 14.2. The van der Waals surface area contributed by atoms with Crippen molar-refractivity contribution in [2.75, 3.05) is 14.2 Å². The van der Waals surface area contributed by atoms with E-state index in [4.69, 9.17) is 14.3 Å². The maximum absolute atomic E-state index is 12.5. The molecule has 0 saturated heterocycles. The Hall–Kier alpha value is -3.62. The van der Waals surface area contributed by atoms with Crippen LogP contribution in [-0.4, -0.2) is 39.7 Å². The van der Waals surface area contributed by atoms with E-state index in [1.807, 2.05) is 37.3 Å². The van der Waals surface area contributed by atoms with Crippen LogP contribution >= 0.6 is 0 Å². The SMILES string of the molecule is CO/N=C(/C)c1ccc(OCc2c(C3CC3)cccc2-n2nnn(C)c2=O)c(OC)c1. The lowest BCUT2D eigenvalue weighted by molar-refractivity contribution is 0.213. The van der Waals surface area contributed by atoms with Crippen molar-refractivity contribution in [3.05, 3.63) is 63.6 Å². The first-order chi connectivity index (χ1) is 15.0. The number of rotatable bonds is 8. The highest BCUT2D eigenvalue weighted by Crippen LogP contribution is 2.43. The number of ether oxygens (including phenoxy) is 2. The Morgan fingerprint density at radius 3 is 2.61 bits per heavy atom. The average Bonchev–Trinajstić information content (AvgIpc) is 3.58. The highest BCUT2D eigenvalue weighted by molar-refractivity contribution is 5.98. The van der Waals surface area contributed by atoms with Crippen molar-refractivity contribution in [1.82, 2.24) is 19.8 Å². The summed E-state index contributed by atoms with van der Waals surface area (Å²) in [6.07, 6.45) is 2.25. The Bertz CT molecular complexity index is 1180. The molecular weight excluding hydrogens is 398 g/mol. The molecule has 0 unspecified atom stereocenters. The first-order valence-electron chi connectivity index (χ1n) is 10.0. The van der Waals surface area contributed by atoms with Crippen LogP contribution in [0.25, 0.3) is 5.69 Å². The van der Waals surface area contributed by atoms with Gasteiger partial charge in [0.25, 0.3) is 0 Å². The molecule has 1 aliphatic carbocycles. The van der Waals surface area contributed by atoms with Gasteiger partial charge in [0, 0.05) is 18.2 Å². The number of oxime groups is 1. The second kappa shape index (κ2) is 8.63. The lowest BCUT2D eigenvalue weighted by atomic mass is 10.0. The van der Waals surface area contributed by atoms with Crippen molar-refractivity contribution < 1.29 is 14.3 Å². The van der Waals surface area contributed by atoms with Crippen molar-refractivity contribution in [2.45, 2.75) is 32.3 Å². The lowest BCUT2D eigenvalue weighted by Crippen LogP contribution is -2.23. The van der Waals surface area contributed by atoms with Crippen molar-refractivity contribution in [3.8, 4) is 17.2 Å². The number of hydrogen-bond acceptors (Lipinski definition) is 7. The number of hydrogen-bond donors (Lipinski definition) is 0. The fourth-order valence-electron chi connectivity index (χ4n) is 3.54. The third-order valence-corrected chi connectivity index (χ3v) is 5.34. The largest absolute Gasteiger partial charge is 0.493 e. The van der Waals surface area contributed by atoms with E-state index in [0.29, 0.717) is 23.1 Å². The Labute approximate surface area is 179 Å². The van der Waals surface area contributed by atoms with E-state index in [2.05, 4.69) is 21.6 Å². The standard InChI is InChI=1S/C22H25N5O4/c1-14(23-30-4)16-10-11-20(21(12-16)29-3)31-13-18-17(15-8-9-15)6-5-7-19(18)27-22(28)26(2)24-25-27/h5-7,10-12,15H,8-9,13H2,1-4H3/b23-14-. The summed E-state index contributed by atoms with van der Waals surface area (Å²) in [5.74, 6) is 1.66. The number of aromatic nitrogens is 4. The highest BCUT2D eigenvalue weighted by atomic mass is 16.6. The van der Waals surface area contributed by atoms with Gasteiger partial charge in [-0.2, -0.15) is 9.36 Å². The first kappa shape index (κ1) is 20.6. The van der Waals surface area contributed by atoms with Gasteiger partial charge in [-0.1, -0.05) is 17.3 Å². The molecule has 1 saturated carbocycles. The average molecular weight is 423 g/mol. The van der Waals surface area contributed by atoms with Gasteiger partial charge in [-0.25, -0.2) is 4.79 Å². The van der Waals surface area contributed by atoms with Crippen LogP contribution in [0.2, 0.25) is 0 Å². The molecule has 0 bridgehead atoms. The topological polar surface area (TPSA) is 92.8 Å². The van der Waals surface area contributed by atoms with Gasteiger partial charge >= 0.3 is 5.69 Å². The molecule has 0 N–H and O–H groups in total. The number of benzene rings is 2. The van der Waals surface area contributed by atoms with Gasteiger partial charge < -0.3 is 14.3 Å². The fraction of sp³-hybridized carbons (Fsp3) is 0.364. The van der Waals surface area contributed by atoms with E-state index in [1.54, 1.807) is 14.2 Å². The molecule has 1 aromatic heterocycles. The molecule has 0 amide bonds. The molecule has 9 heteroatoms. The van der Waals surface area contributed by atoms with Gasteiger partial charge in [-0.3, -0.25) is 0 Å². The second-order valence-corrected chi connectivity index (χ2v) is 7.43. The number of nitrogens with zero attached hydrogens (tertiary/aromatic N) is 5. The molecule has 162 valence electrons. The van der Waals surface area contributed by atoms with Crippen LogP contribution < -0.4 is 15.2 Å². The summed E-state index contributed by atoms with van der Waals surface area (Å²) in [5, 5.41) is 11.8. The van der Waals surface area contributed by atoms with E-state index in [0.717, 1.165) is 29.7 Å². The molecule has 1 fully saturated rings. The minimum Gasteiger partial charge on any atom is -0.493 e. The zero-order valence-corrected chi connectivity index (χ0v) is 18.0. The summed E-state index contributed by atoms with van der Waals surface area (Å²) in [6.45, 7) is 2.13. The zero-order valence-electron chi connectivity index (χ0n) is 18.0. The van der Waals surface area contributed by atoms with Crippen LogP contribution in [0.4, 0.5) is 0 Å². The van der Waals surface area contributed by atoms with E-state index >= 15 is 0 Å². The minimum absolute atomic E-state index is 0.270. The number of tetrazole rings is 1. The first-order valence-corrected chi connectivity index (χ1v) is 10.0. The van der Waals surface area contributed by atoms with E-state index in [1.165, 1.54) is 22.0 Å². The molecule has 4 rings (SSSR count). The van der Waals surface area contributed by atoms with Crippen molar-refractivity contribution in [1.29, 1.82) is 0 Å². The Balaban J connectivity index is 1.68. The molecule has 0 atom stereocenters. The molecule has 0 aliphatic heterocycles. The van der Waals surface area contributed by atoms with Gasteiger partial charge in [-0.15, -0.1) is 0 Å². The maximum Gasteiger partial charge on any atom is 0.368 e. The number of methoxy groups -OCH3 is 1. The Morgan fingerprint density at radius 1 is 1.16 bits per heavy atom. The Morgan fingerprint density at radius 2 is 1.97 bits per heavy atom. The lowest BCUT2D eigenvalue weighted by Gasteiger charge is -2.16. The molecule has 9 nitrogen and oxygen atoms in total. The molecular formula is C22H25N5O4.